The topological polar surface area (TPSA) is 54.4 Å². The average molecular weight is 457 g/mol. The Balaban J connectivity index is 1.53. The van der Waals surface area contributed by atoms with E-state index in [0.29, 0.717) is 24.2 Å². The van der Waals surface area contributed by atoms with Gasteiger partial charge in [-0.2, -0.15) is 0 Å². The predicted molar refractivity (Wildman–Crippen MR) is 134 cm³/mol. The molecule has 0 spiro atoms. The molecule has 4 aliphatic rings. The second kappa shape index (κ2) is 9.50. The molecule has 0 heterocycles. The third kappa shape index (κ3) is 4.47. The standard InChI is InChI=1S/C30H48O3/c1-19(2)7-6-8-20(3)23-12-13-24-21-9-11-25-22(10-14-28(32)33)27(31)16-18-30(25,5)26(21)15-17-29(23,24)4/h19-21,23-24,26H,6-18H2,1-5H3,(H,32,33)/t20-,21-,23+,24-,26-,29+,30+/m1/s1. The third-order valence-electron chi connectivity index (χ3n) is 11.0. The Kier molecular flexibility index (Phi) is 7.19. The molecule has 0 aromatic rings. The molecule has 3 heteroatoms. The maximum atomic E-state index is 12.8. The number of carbonyl (C=O) groups is 2. The molecule has 33 heavy (non-hydrogen) atoms. The molecule has 7 atom stereocenters. The Hall–Kier alpha value is -1.12. The van der Waals surface area contributed by atoms with Gasteiger partial charge >= 0.3 is 5.97 Å². The van der Waals surface area contributed by atoms with Crippen LogP contribution in [0.1, 0.15) is 118 Å². The molecule has 0 bridgehead atoms. The molecule has 186 valence electrons. The molecule has 3 saturated carbocycles. The quantitative estimate of drug-likeness (QED) is 0.405. The van der Waals surface area contributed by atoms with Gasteiger partial charge in [0.2, 0.25) is 0 Å². The van der Waals surface area contributed by atoms with E-state index in [-0.39, 0.29) is 17.6 Å². The van der Waals surface area contributed by atoms with E-state index in [1.54, 1.807) is 0 Å². The summed E-state index contributed by atoms with van der Waals surface area (Å²) in [6, 6.07) is 0. The highest BCUT2D eigenvalue weighted by Crippen LogP contribution is 2.68. The molecule has 3 nitrogen and oxygen atoms in total. The van der Waals surface area contributed by atoms with Gasteiger partial charge in [-0.3, -0.25) is 9.59 Å². The van der Waals surface area contributed by atoms with Gasteiger partial charge in [-0.1, -0.05) is 59.5 Å². The number of carboxylic acid groups (broad SMARTS) is 1. The van der Waals surface area contributed by atoms with Crippen LogP contribution in [0, 0.1) is 46.3 Å². The minimum absolute atomic E-state index is 0.0891. The van der Waals surface area contributed by atoms with Crippen molar-refractivity contribution < 1.29 is 14.7 Å². The van der Waals surface area contributed by atoms with Crippen molar-refractivity contribution in [3.05, 3.63) is 11.1 Å². The van der Waals surface area contributed by atoms with Crippen molar-refractivity contribution in [3.8, 4) is 0 Å². The van der Waals surface area contributed by atoms with Gasteiger partial charge in [-0.05, 0) is 103 Å². The summed E-state index contributed by atoms with van der Waals surface area (Å²) in [6.07, 6.45) is 14.0. The summed E-state index contributed by atoms with van der Waals surface area (Å²) in [4.78, 5) is 24.0. The first-order valence-electron chi connectivity index (χ1n) is 14.1. The van der Waals surface area contributed by atoms with Crippen LogP contribution in [-0.2, 0) is 9.59 Å². The second-order valence-electron chi connectivity index (χ2n) is 13.1. The van der Waals surface area contributed by atoms with Crippen LogP contribution in [0.4, 0.5) is 0 Å². The predicted octanol–water partition coefficient (Wildman–Crippen LogP) is 7.83. The molecular weight excluding hydrogens is 408 g/mol. The molecule has 0 aromatic heterocycles. The SMILES string of the molecule is CC(C)CCC[C@@H](C)[C@@H]1CC[C@@H]2[C@H]3CCC4=C(CCC(=O)O)C(=O)CC[C@]4(C)[C@@H]3CC[C@]21C. The summed E-state index contributed by atoms with van der Waals surface area (Å²) >= 11 is 0. The van der Waals surface area contributed by atoms with E-state index in [1.165, 1.54) is 56.9 Å². The molecule has 0 amide bonds. The zero-order valence-corrected chi connectivity index (χ0v) is 21.9. The fourth-order valence-electron chi connectivity index (χ4n) is 9.37. The number of allylic oxidation sites excluding steroid dienone is 1. The lowest BCUT2D eigenvalue weighted by Crippen LogP contribution is -2.51. The van der Waals surface area contributed by atoms with Gasteiger partial charge < -0.3 is 5.11 Å². The van der Waals surface area contributed by atoms with Crippen LogP contribution in [0.2, 0.25) is 0 Å². The number of fused-ring (bicyclic) bond motifs is 5. The monoisotopic (exact) mass is 456 g/mol. The van der Waals surface area contributed by atoms with Gasteiger partial charge in [0.25, 0.3) is 0 Å². The normalized spacial score (nSPS) is 39.3. The first kappa shape index (κ1) is 25.0. The van der Waals surface area contributed by atoms with E-state index >= 15 is 0 Å². The fourth-order valence-corrected chi connectivity index (χ4v) is 9.37. The number of ketones is 1. The lowest BCUT2D eigenvalue weighted by Gasteiger charge is -2.59. The molecule has 0 aliphatic heterocycles. The van der Waals surface area contributed by atoms with Crippen molar-refractivity contribution in [1.29, 1.82) is 0 Å². The number of rotatable bonds is 8. The second-order valence-corrected chi connectivity index (χ2v) is 13.1. The highest BCUT2D eigenvalue weighted by atomic mass is 16.4. The van der Waals surface area contributed by atoms with Crippen LogP contribution in [0.25, 0.3) is 0 Å². The van der Waals surface area contributed by atoms with Crippen LogP contribution in [0.15, 0.2) is 11.1 Å². The smallest absolute Gasteiger partial charge is 0.303 e. The Morgan fingerprint density at radius 2 is 1.76 bits per heavy atom. The maximum absolute atomic E-state index is 12.8. The van der Waals surface area contributed by atoms with Crippen molar-refractivity contribution in [2.45, 2.75) is 118 Å². The Morgan fingerprint density at radius 1 is 1.00 bits per heavy atom. The average Bonchev–Trinajstić information content (AvgIpc) is 3.10. The van der Waals surface area contributed by atoms with E-state index in [2.05, 4.69) is 34.6 Å². The Bertz CT molecular complexity index is 794. The summed E-state index contributed by atoms with van der Waals surface area (Å²) in [5.41, 5.74) is 2.88. The lowest BCUT2D eigenvalue weighted by molar-refractivity contribution is -0.137. The van der Waals surface area contributed by atoms with E-state index in [1.807, 2.05) is 0 Å². The van der Waals surface area contributed by atoms with Gasteiger partial charge in [0.1, 0.15) is 0 Å². The number of hydrogen-bond acceptors (Lipinski definition) is 2. The number of hydrogen-bond donors (Lipinski definition) is 1. The molecule has 4 aliphatic carbocycles. The van der Waals surface area contributed by atoms with Crippen molar-refractivity contribution in [3.63, 3.8) is 0 Å². The van der Waals surface area contributed by atoms with E-state index in [4.69, 9.17) is 0 Å². The van der Waals surface area contributed by atoms with Gasteiger partial charge in [0, 0.05) is 12.8 Å². The van der Waals surface area contributed by atoms with E-state index < -0.39 is 5.97 Å². The molecule has 0 saturated heterocycles. The van der Waals surface area contributed by atoms with Crippen LogP contribution in [-0.4, -0.2) is 16.9 Å². The van der Waals surface area contributed by atoms with Crippen LogP contribution < -0.4 is 0 Å². The van der Waals surface area contributed by atoms with Crippen LogP contribution in [0.5, 0.6) is 0 Å². The number of carboxylic acids is 1. The first-order chi connectivity index (χ1) is 15.6. The number of carbonyl (C=O) groups excluding carboxylic acids is 1. The Labute approximate surface area is 202 Å². The van der Waals surface area contributed by atoms with Crippen molar-refractivity contribution in [1.82, 2.24) is 0 Å². The summed E-state index contributed by atoms with van der Waals surface area (Å²) in [7, 11) is 0. The van der Waals surface area contributed by atoms with Gasteiger partial charge in [-0.15, -0.1) is 0 Å². The minimum atomic E-state index is -0.787. The molecule has 1 N–H and O–H groups in total. The van der Waals surface area contributed by atoms with Crippen LogP contribution in [0.3, 0.4) is 0 Å². The maximum Gasteiger partial charge on any atom is 0.303 e. The minimum Gasteiger partial charge on any atom is -0.481 e. The lowest BCUT2D eigenvalue weighted by atomic mass is 9.46. The zero-order chi connectivity index (χ0) is 24.0. The molecular formula is C30H48O3. The van der Waals surface area contributed by atoms with Crippen molar-refractivity contribution in [2.75, 3.05) is 0 Å². The van der Waals surface area contributed by atoms with Crippen LogP contribution >= 0.6 is 0 Å². The van der Waals surface area contributed by atoms with Crippen molar-refractivity contribution >= 4 is 11.8 Å². The van der Waals surface area contributed by atoms with Gasteiger partial charge in [0.15, 0.2) is 5.78 Å². The molecule has 0 radical (unpaired) electrons. The van der Waals surface area contributed by atoms with Gasteiger partial charge in [-0.25, -0.2) is 0 Å². The molecule has 4 rings (SSSR count). The van der Waals surface area contributed by atoms with E-state index in [9.17, 15) is 14.7 Å². The summed E-state index contributed by atoms with van der Waals surface area (Å²) in [5.74, 6) is 4.28. The third-order valence-corrected chi connectivity index (χ3v) is 11.0. The van der Waals surface area contributed by atoms with E-state index in [0.717, 1.165) is 48.0 Å². The molecule has 3 fully saturated rings. The molecule has 0 aromatic carbocycles. The number of Topliss-reactive ketones (excluding diaryl/α,β-unsaturated/α-hetero) is 1. The Morgan fingerprint density at radius 3 is 2.45 bits per heavy atom. The number of aliphatic carboxylic acids is 1. The zero-order valence-electron chi connectivity index (χ0n) is 21.9. The molecule has 0 unspecified atom stereocenters. The van der Waals surface area contributed by atoms with Gasteiger partial charge in [0.05, 0.1) is 0 Å². The summed E-state index contributed by atoms with van der Waals surface area (Å²) in [5, 5.41) is 9.23. The summed E-state index contributed by atoms with van der Waals surface area (Å²) < 4.78 is 0. The largest absolute Gasteiger partial charge is 0.481 e. The fraction of sp³-hybridized carbons (Fsp3) is 0.867. The first-order valence-corrected chi connectivity index (χ1v) is 14.1. The summed E-state index contributed by atoms with van der Waals surface area (Å²) in [6.45, 7) is 12.3. The van der Waals surface area contributed by atoms with Crippen molar-refractivity contribution in [2.24, 2.45) is 46.3 Å². The highest BCUT2D eigenvalue weighted by Gasteiger charge is 2.59. The highest BCUT2D eigenvalue weighted by molar-refractivity contribution is 5.97.